The second-order valence-corrected chi connectivity index (χ2v) is 4.14. The third kappa shape index (κ3) is 2.60. The Morgan fingerprint density at radius 2 is 1.94 bits per heavy atom. The molecule has 4 nitrogen and oxygen atoms in total. The molecule has 0 fully saturated rings. The zero-order chi connectivity index (χ0) is 13.1. The molecule has 18 heavy (non-hydrogen) atoms. The van der Waals surface area contributed by atoms with E-state index in [-0.39, 0.29) is 0 Å². The highest BCUT2D eigenvalue weighted by molar-refractivity contribution is 5.93. The number of nitrogen functional groups attached to an aromatic ring is 1. The molecule has 2 aromatic carbocycles. The molecule has 0 radical (unpaired) electrons. The molecule has 0 aromatic heterocycles. The number of carbonyl (C=O) groups excluding carboxylic acids is 1. The number of aryl methyl sites for hydroxylation is 1. The summed E-state index contributed by atoms with van der Waals surface area (Å²) in [6.07, 6.45) is 0. The van der Waals surface area contributed by atoms with Gasteiger partial charge in [0.2, 0.25) is 5.91 Å². The molecule has 0 bridgehead atoms. The summed E-state index contributed by atoms with van der Waals surface area (Å²) in [6.45, 7) is 1.92. The Balaban J connectivity index is 2.27. The highest BCUT2D eigenvalue weighted by Gasteiger charge is 2.04. The van der Waals surface area contributed by atoms with Gasteiger partial charge in [-0.25, -0.2) is 0 Å². The normalized spacial score (nSPS) is 10.1. The molecule has 0 aliphatic heterocycles. The average molecular weight is 241 g/mol. The van der Waals surface area contributed by atoms with Crippen LogP contribution in [-0.2, 0) is 0 Å². The van der Waals surface area contributed by atoms with E-state index < -0.39 is 5.91 Å². The summed E-state index contributed by atoms with van der Waals surface area (Å²) in [7, 11) is 0. The Morgan fingerprint density at radius 1 is 1.17 bits per heavy atom. The van der Waals surface area contributed by atoms with Crippen LogP contribution in [0.1, 0.15) is 15.9 Å². The fraction of sp³-hybridized carbons (Fsp3) is 0.0714. The van der Waals surface area contributed by atoms with Gasteiger partial charge in [-0.1, -0.05) is 6.07 Å². The fourth-order valence-electron chi connectivity index (χ4n) is 1.73. The van der Waals surface area contributed by atoms with Gasteiger partial charge >= 0.3 is 0 Å². The summed E-state index contributed by atoms with van der Waals surface area (Å²) < 4.78 is 0. The Bertz CT molecular complexity index is 593. The van der Waals surface area contributed by atoms with Crippen LogP contribution in [0.5, 0.6) is 0 Å². The minimum absolute atomic E-state index is 0.423. The summed E-state index contributed by atoms with van der Waals surface area (Å²) >= 11 is 0. The van der Waals surface area contributed by atoms with Crippen molar-refractivity contribution >= 4 is 23.0 Å². The van der Waals surface area contributed by atoms with Crippen molar-refractivity contribution < 1.29 is 4.79 Å². The molecule has 2 aromatic rings. The van der Waals surface area contributed by atoms with Gasteiger partial charge in [0.15, 0.2) is 0 Å². The quantitative estimate of drug-likeness (QED) is 0.722. The standard InChI is InChI=1S/C14H15N3O/c1-9-7-10(14(16)18)5-6-13(9)17-12-4-2-3-11(15)8-12/h2-8,17H,15H2,1H3,(H2,16,18). The second kappa shape index (κ2) is 4.79. The number of hydrogen-bond acceptors (Lipinski definition) is 3. The van der Waals surface area contributed by atoms with E-state index in [4.69, 9.17) is 11.5 Å². The molecule has 0 saturated carbocycles. The van der Waals surface area contributed by atoms with Crippen LogP contribution < -0.4 is 16.8 Å². The Hall–Kier alpha value is -2.49. The van der Waals surface area contributed by atoms with Crippen molar-refractivity contribution in [1.82, 2.24) is 0 Å². The number of amides is 1. The zero-order valence-corrected chi connectivity index (χ0v) is 10.1. The van der Waals surface area contributed by atoms with Crippen LogP contribution in [0.3, 0.4) is 0 Å². The molecule has 0 aliphatic rings. The number of hydrogen-bond donors (Lipinski definition) is 3. The van der Waals surface area contributed by atoms with Gasteiger partial charge < -0.3 is 16.8 Å². The van der Waals surface area contributed by atoms with Crippen molar-refractivity contribution in [1.29, 1.82) is 0 Å². The van der Waals surface area contributed by atoms with Crippen molar-refractivity contribution in [2.75, 3.05) is 11.1 Å². The van der Waals surface area contributed by atoms with E-state index in [2.05, 4.69) is 5.32 Å². The van der Waals surface area contributed by atoms with Crippen molar-refractivity contribution in [2.24, 2.45) is 5.73 Å². The molecular weight excluding hydrogens is 226 g/mol. The first kappa shape index (κ1) is 12.0. The summed E-state index contributed by atoms with van der Waals surface area (Å²) in [6, 6.07) is 12.8. The van der Waals surface area contributed by atoms with E-state index in [9.17, 15) is 4.79 Å². The molecule has 2 rings (SSSR count). The lowest BCUT2D eigenvalue weighted by atomic mass is 10.1. The number of nitrogens with one attached hydrogen (secondary N) is 1. The van der Waals surface area contributed by atoms with Gasteiger partial charge in [-0.2, -0.15) is 0 Å². The van der Waals surface area contributed by atoms with Gasteiger partial charge in [0.1, 0.15) is 0 Å². The molecule has 0 saturated heterocycles. The first-order chi connectivity index (χ1) is 8.56. The van der Waals surface area contributed by atoms with Gasteiger partial charge in [-0.3, -0.25) is 4.79 Å². The maximum atomic E-state index is 11.1. The highest BCUT2D eigenvalue weighted by Crippen LogP contribution is 2.22. The minimum Gasteiger partial charge on any atom is -0.399 e. The van der Waals surface area contributed by atoms with Crippen molar-refractivity contribution in [3.05, 3.63) is 53.6 Å². The number of benzene rings is 2. The van der Waals surface area contributed by atoms with Crippen LogP contribution in [0.2, 0.25) is 0 Å². The molecule has 0 spiro atoms. The summed E-state index contributed by atoms with van der Waals surface area (Å²) in [4.78, 5) is 11.1. The van der Waals surface area contributed by atoms with Crippen molar-refractivity contribution in [2.45, 2.75) is 6.92 Å². The number of carbonyl (C=O) groups is 1. The molecule has 5 N–H and O–H groups in total. The van der Waals surface area contributed by atoms with E-state index in [0.717, 1.165) is 16.9 Å². The lowest BCUT2D eigenvalue weighted by Crippen LogP contribution is -2.11. The topological polar surface area (TPSA) is 81.1 Å². The number of nitrogens with two attached hydrogens (primary N) is 2. The average Bonchev–Trinajstić information content (AvgIpc) is 2.31. The fourth-order valence-corrected chi connectivity index (χ4v) is 1.73. The molecule has 4 heteroatoms. The highest BCUT2D eigenvalue weighted by atomic mass is 16.1. The van der Waals surface area contributed by atoms with Gasteiger partial charge in [0, 0.05) is 22.6 Å². The number of rotatable bonds is 3. The van der Waals surface area contributed by atoms with E-state index in [1.54, 1.807) is 12.1 Å². The second-order valence-electron chi connectivity index (χ2n) is 4.14. The van der Waals surface area contributed by atoms with Gasteiger partial charge in [0.25, 0.3) is 0 Å². The van der Waals surface area contributed by atoms with Crippen LogP contribution in [0.4, 0.5) is 17.1 Å². The zero-order valence-electron chi connectivity index (χ0n) is 10.1. The third-order valence-electron chi connectivity index (χ3n) is 2.68. The molecular formula is C14H15N3O. The first-order valence-corrected chi connectivity index (χ1v) is 5.59. The Labute approximate surface area is 106 Å². The van der Waals surface area contributed by atoms with E-state index in [1.165, 1.54) is 0 Å². The predicted octanol–water partition coefficient (Wildman–Crippen LogP) is 2.42. The Morgan fingerprint density at radius 3 is 2.56 bits per heavy atom. The van der Waals surface area contributed by atoms with Crippen LogP contribution in [0.15, 0.2) is 42.5 Å². The lowest BCUT2D eigenvalue weighted by molar-refractivity contribution is 0.100. The van der Waals surface area contributed by atoms with E-state index in [0.29, 0.717) is 11.3 Å². The molecule has 0 atom stereocenters. The first-order valence-electron chi connectivity index (χ1n) is 5.59. The van der Waals surface area contributed by atoms with E-state index >= 15 is 0 Å². The van der Waals surface area contributed by atoms with Crippen LogP contribution in [0, 0.1) is 6.92 Å². The molecule has 0 heterocycles. The van der Waals surface area contributed by atoms with Gasteiger partial charge in [-0.05, 0) is 48.9 Å². The van der Waals surface area contributed by atoms with Gasteiger partial charge in [-0.15, -0.1) is 0 Å². The molecule has 1 amide bonds. The molecule has 0 unspecified atom stereocenters. The van der Waals surface area contributed by atoms with Crippen molar-refractivity contribution in [3.63, 3.8) is 0 Å². The lowest BCUT2D eigenvalue weighted by Gasteiger charge is -2.10. The van der Waals surface area contributed by atoms with Crippen molar-refractivity contribution in [3.8, 4) is 0 Å². The number of primary amides is 1. The number of anilines is 3. The predicted molar refractivity (Wildman–Crippen MR) is 73.8 cm³/mol. The SMILES string of the molecule is Cc1cc(C(N)=O)ccc1Nc1cccc(N)c1. The molecule has 92 valence electrons. The minimum atomic E-state index is -0.423. The van der Waals surface area contributed by atoms with Crippen LogP contribution in [0.25, 0.3) is 0 Å². The summed E-state index contributed by atoms with van der Waals surface area (Å²) in [5.41, 5.74) is 14.9. The largest absolute Gasteiger partial charge is 0.399 e. The van der Waals surface area contributed by atoms with Crippen LogP contribution >= 0.6 is 0 Å². The van der Waals surface area contributed by atoms with Gasteiger partial charge in [0.05, 0.1) is 0 Å². The summed E-state index contributed by atoms with van der Waals surface area (Å²) in [5, 5.41) is 3.25. The smallest absolute Gasteiger partial charge is 0.248 e. The maximum Gasteiger partial charge on any atom is 0.248 e. The van der Waals surface area contributed by atoms with E-state index in [1.807, 2.05) is 37.3 Å². The van der Waals surface area contributed by atoms with Crippen LogP contribution in [-0.4, -0.2) is 5.91 Å². The maximum absolute atomic E-state index is 11.1. The third-order valence-corrected chi connectivity index (χ3v) is 2.68. The monoisotopic (exact) mass is 241 g/mol. The Kier molecular flexibility index (Phi) is 3.19. The summed E-state index contributed by atoms with van der Waals surface area (Å²) in [5.74, 6) is -0.423. The molecule has 0 aliphatic carbocycles.